The molecule has 0 bridgehead atoms. The van der Waals surface area contributed by atoms with Gasteiger partial charge in [0.25, 0.3) is 5.92 Å². The molecule has 4 rings (SSSR count). The van der Waals surface area contributed by atoms with Crippen LogP contribution in [0.3, 0.4) is 0 Å². The molecule has 3 aromatic rings. The molecule has 13 heteroatoms. The molecule has 0 saturated heterocycles. The number of nitrogens with zero attached hydrogens (tertiary/aromatic N) is 3. The second-order valence-corrected chi connectivity index (χ2v) is 8.52. The number of urea groups is 1. The Morgan fingerprint density at radius 3 is 2.63 bits per heavy atom. The lowest BCUT2D eigenvalue weighted by atomic mass is 9.99. The third kappa shape index (κ3) is 6.17. The van der Waals surface area contributed by atoms with Gasteiger partial charge in [0.2, 0.25) is 5.88 Å². The molecule has 1 aliphatic heterocycles. The number of aliphatic hydroxyl groups is 2. The number of carbonyl (C=O) groups is 1. The van der Waals surface area contributed by atoms with E-state index in [-0.39, 0.29) is 48.4 Å². The van der Waals surface area contributed by atoms with Crippen molar-refractivity contribution >= 4 is 17.7 Å². The molecule has 1 atom stereocenters. The quantitative estimate of drug-likeness (QED) is 0.373. The fourth-order valence-corrected chi connectivity index (χ4v) is 3.80. The molecule has 1 aliphatic rings. The van der Waals surface area contributed by atoms with Crippen molar-refractivity contribution < 1.29 is 41.7 Å². The van der Waals surface area contributed by atoms with Crippen LogP contribution in [0.1, 0.15) is 24.0 Å². The zero-order valence-corrected chi connectivity index (χ0v) is 19.8. The number of pyridine rings is 2. The molecule has 0 radical (unpaired) electrons. The number of halogens is 5. The van der Waals surface area contributed by atoms with Crippen molar-refractivity contribution in [1.29, 1.82) is 0 Å². The Bertz CT molecular complexity index is 1300. The monoisotopic (exact) mass is 538 g/mol. The number of alkyl halides is 5. The molecule has 0 fully saturated rings. The lowest BCUT2D eigenvalue weighted by Crippen LogP contribution is -2.43. The lowest BCUT2D eigenvalue weighted by molar-refractivity contribution is -0.137. The number of aliphatic hydroxyl groups excluding tert-OH is 2. The summed E-state index contributed by atoms with van der Waals surface area (Å²) in [5, 5.41) is 21.0. The first-order valence-electron chi connectivity index (χ1n) is 11.5. The normalized spacial score (nSPS) is 15.5. The molecule has 1 aromatic carbocycles. The van der Waals surface area contributed by atoms with Crippen LogP contribution >= 0.6 is 0 Å². The third-order valence-electron chi connectivity index (χ3n) is 5.75. The molecule has 2 aromatic heterocycles. The Morgan fingerprint density at radius 1 is 1.13 bits per heavy atom. The topological polar surface area (TPSA) is 108 Å². The summed E-state index contributed by atoms with van der Waals surface area (Å²) in [6.07, 6.45) is -6.11. The molecular weight excluding hydrogens is 515 g/mol. The van der Waals surface area contributed by atoms with E-state index in [4.69, 9.17) is 9.84 Å². The Morgan fingerprint density at radius 2 is 1.89 bits per heavy atom. The maximum absolute atomic E-state index is 14.7. The number of nitrogens with one attached hydrogen (secondary N) is 1. The Kier molecular flexibility index (Phi) is 7.78. The molecule has 1 unspecified atom stereocenters. The summed E-state index contributed by atoms with van der Waals surface area (Å²) < 4.78 is 74.2. The maximum atomic E-state index is 14.7. The molecule has 3 heterocycles. The molecule has 3 N–H and O–H groups in total. The third-order valence-corrected chi connectivity index (χ3v) is 5.75. The number of rotatable bonds is 7. The van der Waals surface area contributed by atoms with Crippen LogP contribution in [0.5, 0.6) is 5.88 Å². The van der Waals surface area contributed by atoms with Crippen LogP contribution in [0, 0.1) is 0 Å². The SMILES string of the molecule is O=C(Nc1cccc(OCC(O)CCO)n1)N1CCC(F)(F)c2ccc(-c3cccc(C(F)(F)F)c3)nc21. The van der Waals surface area contributed by atoms with E-state index in [1.807, 2.05) is 0 Å². The first-order chi connectivity index (χ1) is 18.0. The first-order valence-corrected chi connectivity index (χ1v) is 11.5. The van der Waals surface area contributed by atoms with Gasteiger partial charge in [-0.1, -0.05) is 18.2 Å². The van der Waals surface area contributed by atoms with Crippen molar-refractivity contribution in [2.45, 2.75) is 31.0 Å². The smallest absolute Gasteiger partial charge is 0.416 e. The highest BCUT2D eigenvalue weighted by Gasteiger charge is 2.42. The Labute approximate surface area is 213 Å². The fraction of sp³-hybridized carbons (Fsp3) is 0.320. The standard InChI is InChI=1S/C25H23F5N4O4/c26-24(27)10-11-34(23(37)33-20-5-2-6-21(32-20)38-14-17(36)9-12-35)22-18(24)7-8-19(31-22)15-3-1-4-16(13-15)25(28,29)30/h1-8,13,17,35-36H,9-12,14H2,(H,32,33,37). The van der Waals surface area contributed by atoms with Crippen LogP contribution in [0.15, 0.2) is 54.6 Å². The highest BCUT2D eigenvalue weighted by Crippen LogP contribution is 2.43. The van der Waals surface area contributed by atoms with E-state index in [1.54, 1.807) is 0 Å². The number of amides is 2. The predicted octanol–water partition coefficient (Wildman–Crippen LogP) is 4.82. The van der Waals surface area contributed by atoms with Gasteiger partial charge in [0.05, 0.1) is 22.9 Å². The van der Waals surface area contributed by atoms with Gasteiger partial charge in [-0.05, 0) is 36.8 Å². The number of aromatic nitrogens is 2. The van der Waals surface area contributed by atoms with Crippen LogP contribution in [0.25, 0.3) is 11.3 Å². The largest absolute Gasteiger partial charge is 0.475 e. The molecule has 0 saturated carbocycles. The van der Waals surface area contributed by atoms with Gasteiger partial charge in [-0.15, -0.1) is 0 Å². The summed E-state index contributed by atoms with van der Waals surface area (Å²) in [6.45, 7) is -0.788. The average Bonchev–Trinajstić information content (AvgIpc) is 2.87. The zero-order valence-electron chi connectivity index (χ0n) is 19.8. The minimum Gasteiger partial charge on any atom is -0.475 e. The molecule has 38 heavy (non-hydrogen) atoms. The van der Waals surface area contributed by atoms with Crippen molar-refractivity contribution in [3.63, 3.8) is 0 Å². The van der Waals surface area contributed by atoms with E-state index in [9.17, 15) is 31.9 Å². The summed E-state index contributed by atoms with van der Waals surface area (Å²) >= 11 is 0. The Balaban J connectivity index is 1.59. The number of ether oxygens (including phenoxy) is 1. The molecule has 202 valence electrons. The average molecular weight is 538 g/mol. The predicted molar refractivity (Wildman–Crippen MR) is 127 cm³/mol. The van der Waals surface area contributed by atoms with Crippen LogP contribution in [-0.2, 0) is 12.1 Å². The van der Waals surface area contributed by atoms with Gasteiger partial charge in [-0.3, -0.25) is 10.2 Å². The second kappa shape index (κ2) is 10.9. The molecule has 8 nitrogen and oxygen atoms in total. The highest BCUT2D eigenvalue weighted by atomic mass is 19.4. The van der Waals surface area contributed by atoms with Gasteiger partial charge in [-0.2, -0.15) is 18.2 Å². The van der Waals surface area contributed by atoms with Gasteiger partial charge < -0.3 is 14.9 Å². The van der Waals surface area contributed by atoms with Gasteiger partial charge in [-0.25, -0.2) is 18.6 Å². The molecule has 2 amide bonds. The number of hydrogen-bond donors (Lipinski definition) is 3. The van der Waals surface area contributed by atoms with Crippen molar-refractivity contribution in [2.24, 2.45) is 0 Å². The zero-order chi connectivity index (χ0) is 27.5. The van der Waals surface area contributed by atoms with Crippen molar-refractivity contribution in [1.82, 2.24) is 9.97 Å². The summed E-state index contributed by atoms with van der Waals surface area (Å²) in [5.41, 5.74) is -1.42. The van der Waals surface area contributed by atoms with Crippen molar-refractivity contribution in [3.05, 3.63) is 65.7 Å². The molecular formula is C25H23F5N4O4. The summed E-state index contributed by atoms with van der Waals surface area (Å²) in [7, 11) is 0. The van der Waals surface area contributed by atoms with Crippen LogP contribution in [0.4, 0.5) is 38.4 Å². The van der Waals surface area contributed by atoms with Crippen molar-refractivity contribution in [2.75, 3.05) is 30.0 Å². The van der Waals surface area contributed by atoms with E-state index < -0.39 is 48.3 Å². The molecule has 0 spiro atoms. The van der Waals surface area contributed by atoms with E-state index in [1.165, 1.54) is 36.4 Å². The van der Waals surface area contributed by atoms with Gasteiger partial charge in [0, 0.05) is 31.2 Å². The Hall–Kier alpha value is -3.84. The van der Waals surface area contributed by atoms with Crippen LogP contribution in [0.2, 0.25) is 0 Å². The van der Waals surface area contributed by atoms with E-state index >= 15 is 0 Å². The maximum Gasteiger partial charge on any atom is 0.416 e. The first kappa shape index (κ1) is 27.2. The number of benzene rings is 1. The molecule has 0 aliphatic carbocycles. The van der Waals surface area contributed by atoms with Crippen molar-refractivity contribution in [3.8, 4) is 17.1 Å². The fourth-order valence-electron chi connectivity index (χ4n) is 3.80. The number of hydrogen-bond acceptors (Lipinski definition) is 6. The van der Waals surface area contributed by atoms with Gasteiger partial charge >= 0.3 is 12.2 Å². The van der Waals surface area contributed by atoms with E-state index in [0.717, 1.165) is 23.1 Å². The van der Waals surface area contributed by atoms with E-state index in [0.29, 0.717) is 0 Å². The minimum absolute atomic E-state index is 0.0136. The van der Waals surface area contributed by atoms with E-state index in [2.05, 4.69) is 15.3 Å². The number of anilines is 2. The number of fused-ring (bicyclic) bond motifs is 1. The van der Waals surface area contributed by atoms with Crippen LogP contribution in [-0.4, -0.2) is 52.1 Å². The second-order valence-electron chi connectivity index (χ2n) is 8.52. The van der Waals surface area contributed by atoms with Gasteiger partial charge in [0.1, 0.15) is 18.2 Å². The van der Waals surface area contributed by atoms with Crippen LogP contribution < -0.4 is 15.0 Å². The van der Waals surface area contributed by atoms with Gasteiger partial charge in [0.15, 0.2) is 0 Å². The highest BCUT2D eigenvalue weighted by molar-refractivity contribution is 6.01. The summed E-state index contributed by atoms with van der Waals surface area (Å²) in [5.74, 6) is -3.59. The number of carbonyl (C=O) groups excluding carboxylic acids is 1. The lowest BCUT2D eigenvalue weighted by Gasteiger charge is -2.33. The minimum atomic E-state index is -4.61. The summed E-state index contributed by atoms with van der Waals surface area (Å²) in [4.78, 5) is 22.3. The summed E-state index contributed by atoms with van der Waals surface area (Å²) in [6, 6.07) is 10.1.